The smallest absolute Gasteiger partial charge is 0.0641 e. The van der Waals surface area contributed by atoms with Crippen molar-refractivity contribution in [1.29, 1.82) is 0 Å². The molecule has 1 nitrogen and oxygen atoms in total. The van der Waals surface area contributed by atoms with Gasteiger partial charge in [0.2, 0.25) is 0 Å². The van der Waals surface area contributed by atoms with Crippen molar-refractivity contribution in [3.8, 4) is 0 Å². The molecule has 0 bridgehead atoms. The van der Waals surface area contributed by atoms with E-state index in [1.807, 2.05) is 0 Å². The Labute approximate surface area is 99.3 Å². The molecule has 0 aromatic carbocycles. The first-order chi connectivity index (χ1) is 7.58. The molecule has 0 radical (unpaired) electrons. The van der Waals surface area contributed by atoms with Crippen molar-refractivity contribution in [3.05, 3.63) is 22.8 Å². The predicted molar refractivity (Wildman–Crippen MR) is 68.2 cm³/mol. The standard InChI is InChI=1S/C15H24O/c1-11(10-16)13-7-8-14-6-4-5-12(2)15(14,3)9-13/h6,12,16H,4-5,7-10H2,1-3H3/b13-11+/t12-,15+/m1/s1. The summed E-state index contributed by atoms with van der Waals surface area (Å²) < 4.78 is 0. The van der Waals surface area contributed by atoms with Crippen LogP contribution >= 0.6 is 0 Å². The van der Waals surface area contributed by atoms with E-state index >= 15 is 0 Å². The molecule has 0 aliphatic heterocycles. The highest BCUT2D eigenvalue weighted by atomic mass is 16.3. The highest BCUT2D eigenvalue weighted by molar-refractivity contribution is 5.30. The first-order valence-electron chi connectivity index (χ1n) is 6.56. The SMILES string of the molecule is C/C(CO)=C1/CCC2=CCC[C@@H](C)[C@]2(C)C1. The average Bonchev–Trinajstić information content (AvgIpc) is 2.29. The molecule has 0 spiro atoms. The maximum atomic E-state index is 9.26. The lowest BCUT2D eigenvalue weighted by atomic mass is 9.59. The Balaban J connectivity index is 2.29. The Bertz CT molecular complexity index is 337. The third-order valence-corrected chi connectivity index (χ3v) is 4.93. The van der Waals surface area contributed by atoms with Gasteiger partial charge < -0.3 is 5.11 Å². The van der Waals surface area contributed by atoms with Crippen molar-refractivity contribution >= 4 is 0 Å². The molecule has 0 heterocycles. The zero-order valence-corrected chi connectivity index (χ0v) is 10.8. The summed E-state index contributed by atoms with van der Waals surface area (Å²) in [5.41, 5.74) is 4.78. The topological polar surface area (TPSA) is 20.2 Å². The van der Waals surface area contributed by atoms with Crippen LogP contribution in [0.1, 0.15) is 52.9 Å². The van der Waals surface area contributed by atoms with Gasteiger partial charge in [-0.15, -0.1) is 0 Å². The number of aliphatic hydroxyl groups is 1. The molecular formula is C15H24O. The molecule has 0 saturated heterocycles. The Morgan fingerprint density at radius 3 is 2.94 bits per heavy atom. The fourth-order valence-corrected chi connectivity index (χ4v) is 3.34. The van der Waals surface area contributed by atoms with Crippen LogP contribution in [0.5, 0.6) is 0 Å². The van der Waals surface area contributed by atoms with Gasteiger partial charge in [-0.2, -0.15) is 0 Å². The van der Waals surface area contributed by atoms with Crippen LogP contribution in [0.25, 0.3) is 0 Å². The maximum Gasteiger partial charge on any atom is 0.0641 e. The molecule has 0 aromatic rings. The summed E-state index contributed by atoms with van der Waals surface area (Å²) in [4.78, 5) is 0. The average molecular weight is 220 g/mol. The van der Waals surface area contributed by atoms with Gasteiger partial charge in [0, 0.05) is 0 Å². The van der Waals surface area contributed by atoms with E-state index < -0.39 is 0 Å². The van der Waals surface area contributed by atoms with Gasteiger partial charge in [-0.25, -0.2) is 0 Å². The summed E-state index contributed by atoms with van der Waals surface area (Å²) in [6.45, 7) is 7.14. The number of hydrogen-bond donors (Lipinski definition) is 1. The second kappa shape index (κ2) is 4.37. The van der Waals surface area contributed by atoms with Crippen molar-refractivity contribution < 1.29 is 5.11 Å². The van der Waals surface area contributed by atoms with E-state index in [2.05, 4.69) is 26.8 Å². The van der Waals surface area contributed by atoms with E-state index in [0.29, 0.717) is 5.41 Å². The molecule has 90 valence electrons. The van der Waals surface area contributed by atoms with Gasteiger partial charge in [-0.3, -0.25) is 0 Å². The quantitative estimate of drug-likeness (QED) is 0.666. The van der Waals surface area contributed by atoms with Gasteiger partial charge in [0.15, 0.2) is 0 Å². The molecule has 2 aliphatic rings. The Hall–Kier alpha value is -0.560. The van der Waals surface area contributed by atoms with E-state index in [1.165, 1.54) is 43.3 Å². The predicted octanol–water partition coefficient (Wildman–Crippen LogP) is 3.84. The second-order valence-electron chi connectivity index (χ2n) is 5.84. The summed E-state index contributed by atoms with van der Waals surface area (Å²) in [7, 11) is 0. The molecule has 0 amide bonds. The van der Waals surface area contributed by atoms with Crippen LogP contribution in [0.3, 0.4) is 0 Å². The molecule has 1 heteroatoms. The highest BCUT2D eigenvalue weighted by Crippen LogP contribution is 2.52. The zero-order chi connectivity index (χ0) is 11.8. The molecule has 2 atom stereocenters. The summed E-state index contributed by atoms with van der Waals surface area (Å²) in [5, 5.41) is 9.26. The summed E-state index contributed by atoms with van der Waals surface area (Å²) >= 11 is 0. The molecule has 1 saturated carbocycles. The van der Waals surface area contributed by atoms with Crippen LogP contribution in [0.4, 0.5) is 0 Å². The first kappa shape index (κ1) is 11.9. The molecule has 2 rings (SSSR count). The van der Waals surface area contributed by atoms with E-state index in [-0.39, 0.29) is 6.61 Å². The number of aliphatic hydroxyl groups excluding tert-OH is 1. The molecule has 16 heavy (non-hydrogen) atoms. The lowest BCUT2D eigenvalue weighted by molar-refractivity contribution is 0.202. The van der Waals surface area contributed by atoms with Gasteiger partial charge in [0.25, 0.3) is 0 Å². The molecule has 0 aromatic heterocycles. The van der Waals surface area contributed by atoms with Crippen LogP contribution in [0.2, 0.25) is 0 Å². The lowest BCUT2D eigenvalue weighted by Crippen LogP contribution is -2.34. The Morgan fingerprint density at radius 1 is 1.50 bits per heavy atom. The van der Waals surface area contributed by atoms with Gasteiger partial charge in [-0.1, -0.05) is 31.1 Å². The Morgan fingerprint density at radius 2 is 2.25 bits per heavy atom. The van der Waals surface area contributed by atoms with Gasteiger partial charge in [0.05, 0.1) is 6.61 Å². The van der Waals surface area contributed by atoms with Crippen molar-refractivity contribution in [2.24, 2.45) is 11.3 Å². The van der Waals surface area contributed by atoms with Crippen molar-refractivity contribution in [2.45, 2.75) is 52.9 Å². The number of fused-ring (bicyclic) bond motifs is 1. The third kappa shape index (κ3) is 1.86. The van der Waals surface area contributed by atoms with E-state index in [4.69, 9.17) is 0 Å². The minimum Gasteiger partial charge on any atom is -0.392 e. The van der Waals surface area contributed by atoms with Gasteiger partial charge in [-0.05, 0) is 55.9 Å². The first-order valence-corrected chi connectivity index (χ1v) is 6.56. The summed E-state index contributed by atoms with van der Waals surface area (Å²) in [6, 6.07) is 0. The normalized spacial score (nSPS) is 37.8. The summed E-state index contributed by atoms with van der Waals surface area (Å²) in [5.74, 6) is 0.786. The highest BCUT2D eigenvalue weighted by Gasteiger charge is 2.39. The van der Waals surface area contributed by atoms with Crippen molar-refractivity contribution in [2.75, 3.05) is 6.61 Å². The van der Waals surface area contributed by atoms with Crippen LogP contribution in [-0.2, 0) is 0 Å². The fourth-order valence-electron chi connectivity index (χ4n) is 3.34. The number of rotatable bonds is 1. The second-order valence-corrected chi connectivity index (χ2v) is 5.84. The molecule has 0 unspecified atom stereocenters. The van der Waals surface area contributed by atoms with Crippen molar-refractivity contribution in [1.82, 2.24) is 0 Å². The van der Waals surface area contributed by atoms with Crippen LogP contribution in [0.15, 0.2) is 22.8 Å². The minimum absolute atomic E-state index is 0.235. The molecule has 1 fully saturated rings. The minimum atomic E-state index is 0.235. The zero-order valence-electron chi connectivity index (χ0n) is 10.8. The van der Waals surface area contributed by atoms with Crippen LogP contribution in [0, 0.1) is 11.3 Å². The van der Waals surface area contributed by atoms with Crippen molar-refractivity contribution in [3.63, 3.8) is 0 Å². The third-order valence-electron chi connectivity index (χ3n) is 4.93. The lowest BCUT2D eigenvalue weighted by Gasteiger charge is -2.45. The molecular weight excluding hydrogens is 196 g/mol. The van der Waals surface area contributed by atoms with E-state index in [1.54, 1.807) is 5.57 Å². The fraction of sp³-hybridized carbons (Fsp3) is 0.733. The molecule has 1 N–H and O–H groups in total. The number of allylic oxidation sites excluding steroid dienone is 3. The largest absolute Gasteiger partial charge is 0.392 e. The number of hydrogen-bond acceptors (Lipinski definition) is 1. The maximum absolute atomic E-state index is 9.26. The monoisotopic (exact) mass is 220 g/mol. The molecule has 2 aliphatic carbocycles. The van der Waals surface area contributed by atoms with Gasteiger partial charge >= 0.3 is 0 Å². The van der Waals surface area contributed by atoms with E-state index in [9.17, 15) is 5.11 Å². The Kier molecular flexibility index (Phi) is 3.25. The van der Waals surface area contributed by atoms with E-state index in [0.717, 1.165) is 5.92 Å². The van der Waals surface area contributed by atoms with Gasteiger partial charge in [0.1, 0.15) is 0 Å². The summed E-state index contributed by atoms with van der Waals surface area (Å²) in [6.07, 6.45) is 8.63. The van der Waals surface area contributed by atoms with Crippen LogP contribution in [-0.4, -0.2) is 11.7 Å². The van der Waals surface area contributed by atoms with Crippen LogP contribution < -0.4 is 0 Å².